The van der Waals surface area contributed by atoms with Crippen molar-refractivity contribution in [2.45, 2.75) is 23.9 Å². The number of nitrogens with zero attached hydrogens (tertiary/aromatic N) is 3. The molecule has 1 aromatic heterocycles. The van der Waals surface area contributed by atoms with Crippen LogP contribution in [0.5, 0.6) is 17.2 Å². The minimum atomic E-state index is -0.389. The number of fused-ring (bicyclic) bond motifs is 1. The highest BCUT2D eigenvalue weighted by molar-refractivity contribution is 8.00. The van der Waals surface area contributed by atoms with E-state index in [2.05, 4.69) is 22.1 Å². The molecule has 3 aromatic rings. The lowest BCUT2D eigenvalue weighted by atomic mass is 10.2. The Hall–Kier alpha value is -3.46. The maximum Gasteiger partial charge on any atom is 0.237 e. The van der Waals surface area contributed by atoms with E-state index in [1.54, 1.807) is 37.5 Å². The molecule has 4 rings (SSSR count). The SMILES string of the molecule is C=CCn1c(SC(C)C(=O)Nc2ccc(OC)cc2)nnc1-c1ccc2c(c1)OCO2. The Labute approximate surface area is 184 Å². The number of hydrogen-bond acceptors (Lipinski definition) is 7. The first-order valence-corrected chi connectivity index (χ1v) is 10.5. The summed E-state index contributed by atoms with van der Waals surface area (Å²) in [5.74, 6) is 2.65. The van der Waals surface area contributed by atoms with E-state index < -0.39 is 0 Å². The van der Waals surface area contributed by atoms with Crippen LogP contribution in [0.15, 0.2) is 60.3 Å². The normalized spacial score (nSPS) is 13.0. The maximum atomic E-state index is 12.7. The second-order valence-corrected chi connectivity index (χ2v) is 8.06. The summed E-state index contributed by atoms with van der Waals surface area (Å²) in [6, 6.07) is 12.8. The number of carbonyl (C=O) groups is 1. The van der Waals surface area contributed by atoms with Crippen molar-refractivity contribution in [2.24, 2.45) is 0 Å². The molecule has 0 spiro atoms. The van der Waals surface area contributed by atoms with Gasteiger partial charge < -0.3 is 19.5 Å². The van der Waals surface area contributed by atoms with Crippen LogP contribution in [-0.2, 0) is 11.3 Å². The highest BCUT2D eigenvalue weighted by Crippen LogP contribution is 2.36. The van der Waals surface area contributed by atoms with Crippen LogP contribution in [0, 0.1) is 0 Å². The molecule has 2 aromatic carbocycles. The number of thioether (sulfide) groups is 1. The van der Waals surface area contributed by atoms with Crippen LogP contribution in [0.3, 0.4) is 0 Å². The summed E-state index contributed by atoms with van der Waals surface area (Å²) >= 11 is 1.34. The lowest BCUT2D eigenvalue weighted by Gasteiger charge is -2.13. The Morgan fingerprint density at radius 2 is 2.03 bits per heavy atom. The van der Waals surface area contributed by atoms with E-state index >= 15 is 0 Å². The number of anilines is 1. The summed E-state index contributed by atoms with van der Waals surface area (Å²) in [6.45, 7) is 6.38. The van der Waals surface area contributed by atoms with Crippen molar-refractivity contribution in [1.29, 1.82) is 0 Å². The number of ether oxygens (including phenoxy) is 3. The van der Waals surface area contributed by atoms with Crippen LogP contribution in [0.25, 0.3) is 11.4 Å². The molecule has 2 heterocycles. The van der Waals surface area contributed by atoms with Gasteiger partial charge in [-0.15, -0.1) is 16.8 Å². The summed E-state index contributed by atoms with van der Waals surface area (Å²) in [4.78, 5) is 12.7. The van der Waals surface area contributed by atoms with E-state index in [0.717, 1.165) is 11.3 Å². The van der Waals surface area contributed by atoms with E-state index in [0.29, 0.717) is 34.7 Å². The minimum absolute atomic E-state index is 0.132. The van der Waals surface area contributed by atoms with Gasteiger partial charge in [0, 0.05) is 17.8 Å². The fourth-order valence-electron chi connectivity index (χ4n) is 3.05. The first kappa shape index (κ1) is 20.8. The first-order valence-electron chi connectivity index (χ1n) is 9.64. The zero-order valence-electron chi connectivity index (χ0n) is 17.2. The van der Waals surface area contributed by atoms with Crippen LogP contribution >= 0.6 is 11.8 Å². The van der Waals surface area contributed by atoms with Crippen LogP contribution in [-0.4, -0.2) is 39.8 Å². The first-order chi connectivity index (χ1) is 15.1. The third kappa shape index (κ3) is 4.51. The standard InChI is InChI=1S/C22H22N4O4S/c1-4-11-26-20(15-5-10-18-19(12-15)30-13-29-18)24-25-22(26)31-14(2)21(27)23-16-6-8-17(28-3)9-7-16/h4-10,12,14H,1,11,13H2,2-3H3,(H,23,27). The highest BCUT2D eigenvalue weighted by atomic mass is 32.2. The number of carbonyl (C=O) groups excluding carboxylic acids is 1. The fourth-order valence-corrected chi connectivity index (χ4v) is 3.91. The summed E-state index contributed by atoms with van der Waals surface area (Å²) < 4.78 is 17.9. The molecule has 9 heteroatoms. The van der Waals surface area contributed by atoms with Crippen LogP contribution in [0.1, 0.15) is 6.92 Å². The third-order valence-corrected chi connectivity index (χ3v) is 5.75. The molecule has 1 atom stereocenters. The van der Waals surface area contributed by atoms with Gasteiger partial charge in [0.05, 0.1) is 12.4 Å². The van der Waals surface area contributed by atoms with Crippen molar-refractivity contribution < 1.29 is 19.0 Å². The lowest BCUT2D eigenvalue weighted by Crippen LogP contribution is -2.23. The van der Waals surface area contributed by atoms with Crippen molar-refractivity contribution in [3.05, 3.63) is 55.1 Å². The molecule has 0 radical (unpaired) electrons. The molecular formula is C22H22N4O4S. The lowest BCUT2D eigenvalue weighted by molar-refractivity contribution is -0.115. The second kappa shape index (κ2) is 9.13. The van der Waals surface area contributed by atoms with Gasteiger partial charge in [0.2, 0.25) is 12.7 Å². The number of methoxy groups -OCH3 is 1. The number of allylic oxidation sites excluding steroid dienone is 1. The van der Waals surface area contributed by atoms with Crippen LogP contribution in [0.4, 0.5) is 5.69 Å². The van der Waals surface area contributed by atoms with Crippen LogP contribution < -0.4 is 19.5 Å². The van der Waals surface area contributed by atoms with E-state index in [-0.39, 0.29) is 18.0 Å². The fraction of sp³-hybridized carbons (Fsp3) is 0.227. The molecule has 160 valence electrons. The van der Waals surface area contributed by atoms with Gasteiger partial charge in [-0.25, -0.2) is 0 Å². The maximum absolute atomic E-state index is 12.7. The Kier molecular flexibility index (Phi) is 6.13. The predicted molar refractivity (Wildman–Crippen MR) is 119 cm³/mol. The summed E-state index contributed by atoms with van der Waals surface area (Å²) in [7, 11) is 1.60. The molecular weight excluding hydrogens is 416 g/mol. The number of nitrogens with one attached hydrogen (secondary N) is 1. The monoisotopic (exact) mass is 438 g/mol. The van der Waals surface area contributed by atoms with Gasteiger partial charge in [-0.2, -0.15) is 0 Å². The van der Waals surface area contributed by atoms with Gasteiger partial charge in [-0.3, -0.25) is 9.36 Å². The third-order valence-electron chi connectivity index (χ3n) is 4.67. The van der Waals surface area contributed by atoms with Gasteiger partial charge in [-0.1, -0.05) is 17.8 Å². The van der Waals surface area contributed by atoms with Gasteiger partial charge in [0.1, 0.15) is 5.75 Å². The molecule has 1 aliphatic heterocycles. The quantitative estimate of drug-likeness (QED) is 0.420. The minimum Gasteiger partial charge on any atom is -0.497 e. The number of aromatic nitrogens is 3. The van der Waals surface area contributed by atoms with Crippen molar-refractivity contribution >= 4 is 23.4 Å². The van der Waals surface area contributed by atoms with Gasteiger partial charge in [-0.05, 0) is 49.4 Å². The second-order valence-electron chi connectivity index (χ2n) is 6.75. The van der Waals surface area contributed by atoms with Crippen molar-refractivity contribution in [1.82, 2.24) is 14.8 Å². The molecule has 1 aliphatic rings. The topological polar surface area (TPSA) is 87.5 Å². The molecule has 31 heavy (non-hydrogen) atoms. The molecule has 0 saturated carbocycles. The Morgan fingerprint density at radius 3 is 2.77 bits per heavy atom. The van der Waals surface area contributed by atoms with E-state index in [4.69, 9.17) is 14.2 Å². The zero-order valence-corrected chi connectivity index (χ0v) is 18.0. The van der Waals surface area contributed by atoms with E-state index in [9.17, 15) is 4.79 Å². The largest absolute Gasteiger partial charge is 0.497 e. The highest BCUT2D eigenvalue weighted by Gasteiger charge is 2.22. The Morgan fingerprint density at radius 1 is 1.26 bits per heavy atom. The molecule has 1 amide bonds. The number of hydrogen-bond donors (Lipinski definition) is 1. The predicted octanol–water partition coefficient (Wildman–Crippen LogP) is 3.99. The average molecular weight is 439 g/mol. The smallest absolute Gasteiger partial charge is 0.237 e. The van der Waals surface area contributed by atoms with Gasteiger partial charge in [0.15, 0.2) is 22.5 Å². The molecule has 1 unspecified atom stereocenters. The average Bonchev–Trinajstić information content (AvgIpc) is 3.41. The van der Waals surface area contributed by atoms with Crippen molar-refractivity contribution in [3.63, 3.8) is 0 Å². The van der Waals surface area contributed by atoms with E-state index in [1.165, 1.54) is 11.8 Å². The number of rotatable bonds is 8. The molecule has 0 aliphatic carbocycles. The van der Waals surface area contributed by atoms with Crippen LogP contribution in [0.2, 0.25) is 0 Å². The number of benzene rings is 2. The van der Waals surface area contributed by atoms with Crippen molar-refractivity contribution in [3.8, 4) is 28.6 Å². The summed E-state index contributed by atoms with van der Waals surface area (Å²) in [5.41, 5.74) is 1.55. The zero-order chi connectivity index (χ0) is 21.8. The summed E-state index contributed by atoms with van der Waals surface area (Å²) in [6.07, 6.45) is 1.77. The van der Waals surface area contributed by atoms with E-state index in [1.807, 2.05) is 29.7 Å². The summed E-state index contributed by atoms with van der Waals surface area (Å²) in [5, 5.41) is 11.8. The number of amides is 1. The Balaban J connectivity index is 1.51. The Bertz CT molecular complexity index is 1100. The molecule has 0 saturated heterocycles. The molecule has 0 fully saturated rings. The van der Waals surface area contributed by atoms with Crippen molar-refractivity contribution in [2.75, 3.05) is 19.2 Å². The molecule has 0 bridgehead atoms. The van der Waals surface area contributed by atoms with Gasteiger partial charge in [0.25, 0.3) is 0 Å². The van der Waals surface area contributed by atoms with Gasteiger partial charge >= 0.3 is 0 Å². The molecule has 8 nitrogen and oxygen atoms in total. The molecule has 1 N–H and O–H groups in total.